The number of rotatable bonds is 4. The average molecular weight is 503 g/mol. The molecule has 192 valence electrons. The number of benzene rings is 2. The van der Waals surface area contributed by atoms with Gasteiger partial charge in [0.15, 0.2) is 5.82 Å². The summed E-state index contributed by atoms with van der Waals surface area (Å²) >= 11 is 0. The fourth-order valence-corrected chi connectivity index (χ4v) is 5.19. The highest BCUT2D eigenvalue weighted by Gasteiger charge is 2.24. The maximum Gasteiger partial charge on any atom is 0.269 e. The molecule has 3 heterocycles. The highest BCUT2D eigenvalue weighted by molar-refractivity contribution is 6.05. The zero-order valence-corrected chi connectivity index (χ0v) is 21.4. The van der Waals surface area contributed by atoms with Crippen LogP contribution in [0.5, 0.6) is 0 Å². The van der Waals surface area contributed by atoms with E-state index in [9.17, 15) is 14.4 Å². The Kier molecular flexibility index (Phi) is 6.58. The van der Waals surface area contributed by atoms with Gasteiger partial charge in [-0.25, -0.2) is 4.39 Å². The average Bonchev–Trinajstić information content (AvgIpc) is 3.59. The van der Waals surface area contributed by atoms with Crippen LogP contribution in [0.15, 0.2) is 42.5 Å². The van der Waals surface area contributed by atoms with Gasteiger partial charge in [-0.3, -0.25) is 14.4 Å². The van der Waals surface area contributed by atoms with Crippen LogP contribution in [-0.4, -0.2) is 77.7 Å². The molecule has 1 N–H and O–H groups in total. The molecular weight excluding hydrogens is 471 g/mol. The van der Waals surface area contributed by atoms with E-state index in [1.165, 1.54) is 11.8 Å². The summed E-state index contributed by atoms with van der Waals surface area (Å²) in [6, 6.07) is 10.8. The van der Waals surface area contributed by atoms with Crippen molar-refractivity contribution in [2.45, 2.75) is 26.2 Å². The molecule has 1 saturated heterocycles. The predicted octanol–water partition coefficient (Wildman–Crippen LogP) is 4.55. The van der Waals surface area contributed by atoms with Gasteiger partial charge in [-0.05, 0) is 60.2 Å². The second kappa shape index (κ2) is 9.84. The molecule has 2 aliphatic heterocycles. The molecule has 8 heteroatoms. The summed E-state index contributed by atoms with van der Waals surface area (Å²) < 4.78 is 15.9. The Morgan fingerprint density at radius 2 is 1.65 bits per heavy atom. The minimum absolute atomic E-state index is 0.0196. The van der Waals surface area contributed by atoms with Crippen LogP contribution in [0, 0.1) is 5.82 Å². The van der Waals surface area contributed by atoms with E-state index < -0.39 is 5.82 Å². The molecule has 0 bridgehead atoms. The number of likely N-dealkylation sites (tertiary alicyclic amines) is 1. The first-order valence-electron chi connectivity index (χ1n) is 12.7. The number of carbonyl (C=O) groups is 3. The van der Waals surface area contributed by atoms with Gasteiger partial charge in [0, 0.05) is 63.7 Å². The minimum atomic E-state index is -0.450. The first-order valence-corrected chi connectivity index (χ1v) is 12.7. The standard InChI is InChI=1S/C29H31FN4O3/c1-18(35)34-14-6-7-21(17-34)23-15-22(24-16-25(29(37)32(2)3)31-27(24)26(23)30)19-8-10-20(11-9-19)28(36)33-12-4-5-13-33/h7-11,15-16,31H,4-6,12-14,17H2,1-3H3. The Labute approximate surface area is 215 Å². The van der Waals surface area contributed by atoms with Crippen LogP contribution in [-0.2, 0) is 4.79 Å². The number of nitrogens with one attached hydrogen (secondary N) is 1. The third kappa shape index (κ3) is 4.63. The Morgan fingerprint density at radius 3 is 2.30 bits per heavy atom. The number of H-pyrrole nitrogens is 1. The molecule has 0 saturated carbocycles. The molecule has 3 amide bonds. The van der Waals surface area contributed by atoms with Crippen molar-refractivity contribution < 1.29 is 18.8 Å². The van der Waals surface area contributed by atoms with Crippen molar-refractivity contribution in [3.8, 4) is 11.1 Å². The topological polar surface area (TPSA) is 76.7 Å². The highest BCUT2D eigenvalue weighted by Crippen LogP contribution is 2.37. The lowest BCUT2D eigenvalue weighted by Crippen LogP contribution is -2.33. The molecule has 0 unspecified atom stereocenters. The number of aromatic nitrogens is 1. The van der Waals surface area contributed by atoms with Gasteiger partial charge in [0.2, 0.25) is 5.91 Å². The number of hydrogen-bond acceptors (Lipinski definition) is 3. The molecule has 7 nitrogen and oxygen atoms in total. The Hall–Kier alpha value is -3.94. The number of aromatic amines is 1. The summed E-state index contributed by atoms with van der Waals surface area (Å²) in [5, 5.41) is 0.588. The van der Waals surface area contributed by atoms with Gasteiger partial charge in [-0.15, -0.1) is 0 Å². The monoisotopic (exact) mass is 502 g/mol. The quantitative estimate of drug-likeness (QED) is 0.569. The Balaban J connectivity index is 1.62. The summed E-state index contributed by atoms with van der Waals surface area (Å²) in [7, 11) is 3.30. The fraction of sp³-hybridized carbons (Fsp3) is 0.345. The van der Waals surface area contributed by atoms with Gasteiger partial charge in [-0.1, -0.05) is 18.2 Å². The first kappa shape index (κ1) is 24.7. The van der Waals surface area contributed by atoms with Crippen LogP contribution in [0.2, 0.25) is 0 Å². The van der Waals surface area contributed by atoms with Crippen molar-refractivity contribution in [2.24, 2.45) is 0 Å². The molecule has 5 rings (SSSR count). The van der Waals surface area contributed by atoms with Gasteiger partial charge < -0.3 is 19.7 Å². The molecule has 1 aromatic heterocycles. The summed E-state index contributed by atoms with van der Waals surface area (Å²) in [6.45, 7) is 4.00. The number of carbonyl (C=O) groups excluding carboxylic acids is 3. The van der Waals surface area contributed by atoms with Crippen LogP contribution < -0.4 is 0 Å². The Bertz CT molecular complexity index is 1420. The van der Waals surface area contributed by atoms with Crippen LogP contribution in [0.25, 0.3) is 27.6 Å². The smallest absolute Gasteiger partial charge is 0.269 e. The van der Waals surface area contributed by atoms with Crippen molar-refractivity contribution in [3.05, 3.63) is 65.1 Å². The zero-order valence-electron chi connectivity index (χ0n) is 21.4. The van der Waals surface area contributed by atoms with Crippen molar-refractivity contribution in [3.63, 3.8) is 0 Å². The predicted molar refractivity (Wildman–Crippen MR) is 142 cm³/mol. The third-order valence-electron chi connectivity index (χ3n) is 7.27. The molecular formula is C29H31FN4O3. The molecule has 0 spiro atoms. The van der Waals surface area contributed by atoms with Gasteiger partial charge in [0.05, 0.1) is 5.52 Å². The lowest BCUT2D eigenvalue weighted by molar-refractivity contribution is -0.128. The van der Waals surface area contributed by atoms with E-state index in [1.54, 1.807) is 43.3 Å². The van der Waals surface area contributed by atoms with E-state index in [0.717, 1.165) is 42.6 Å². The summed E-state index contributed by atoms with van der Waals surface area (Å²) in [6.07, 6.45) is 4.67. The number of fused-ring (bicyclic) bond motifs is 1. The lowest BCUT2D eigenvalue weighted by Gasteiger charge is -2.27. The molecule has 1 fully saturated rings. The van der Waals surface area contributed by atoms with Crippen molar-refractivity contribution >= 4 is 34.2 Å². The van der Waals surface area contributed by atoms with E-state index in [2.05, 4.69) is 4.98 Å². The number of halogens is 1. The second-order valence-corrected chi connectivity index (χ2v) is 9.99. The maximum atomic E-state index is 15.9. The normalized spacial score (nSPS) is 15.7. The van der Waals surface area contributed by atoms with E-state index in [4.69, 9.17) is 0 Å². The molecule has 0 radical (unpaired) electrons. The van der Waals surface area contributed by atoms with Crippen LogP contribution in [0.1, 0.15) is 52.6 Å². The van der Waals surface area contributed by atoms with E-state index in [0.29, 0.717) is 41.7 Å². The van der Waals surface area contributed by atoms with E-state index in [-0.39, 0.29) is 23.2 Å². The maximum absolute atomic E-state index is 15.9. The second-order valence-electron chi connectivity index (χ2n) is 9.99. The SMILES string of the molecule is CC(=O)N1CCC=C(c2cc(-c3ccc(C(=O)N4CCCC4)cc3)c3cc(C(=O)N(C)C)[nH]c3c2F)C1. The van der Waals surface area contributed by atoms with Crippen LogP contribution >= 0.6 is 0 Å². The molecule has 2 aliphatic rings. The first-order chi connectivity index (χ1) is 17.7. The van der Waals surface area contributed by atoms with Crippen LogP contribution in [0.4, 0.5) is 4.39 Å². The summed E-state index contributed by atoms with van der Waals surface area (Å²) in [5.41, 5.74) is 3.86. The molecule has 0 aliphatic carbocycles. The van der Waals surface area contributed by atoms with Gasteiger partial charge >= 0.3 is 0 Å². The largest absolute Gasteiger partial charge is 0.348 e. The lowest BCUT2D eigenvalue weighted by atomic mass is 9.93. The number of amides is 3. The Morgan fingerprint density at radius 1 is 0.946 bits per heavy atom. The summed E-state index contributed by atoms with van der Waals surface area (Å²) in [4.78, 5) is 45.5. The van der Waals surface area contributed by atoms with Crippen molar-refractivity contribution in [1.82, 2.24) is 19.7 Å². The van der Waals surface area contributed by atoms with Gasteiger partial charge in [-0.2, -0.15) is 0 Å². The molecule has 2 aromatic carbocycles. The van der Waals surface area contributed by atoms with Gasteiger partial charge in [0.1, 0.15) is 5.69 Å². The zero-order chi connectivity index (χ0) is 26.3. The summed E-state index contributed by atoms with van der Waals surface area (Å²) in [5.74, 6) is -0.737. The number of hydrogen-bond donors (Lipinski definition) is 1. The highest BCUT2D eigenvalue weighted by atomic mass is 19.1. The molecule has 0 atom stereocenters. The number of nitrogens with zero attached hydrogens (tertiary/aromatic N) is 3. The fourth-order valence-electron chi connectivity index (χ4n) is 5.19. The van der Waals surface area contributed by atoms with Gasteiger partial charge in [0.25, 0.3) is 11.8 Å². The van der Waals surface area contributed by atoms with Crippen molar-refractivity contribution in [1.29, 1.82) is 0 Å². The van der Waals surface area contributed by atoms with Crippen molar-refractivity contribution in [2.75, 3.05) is 40.3 Å². The molecule has 3 aromatic rings. The van der Waals surface area contributed by atoms with E-state index >= 15 is 4.39 Å². The third-order valence-corrected chi connectivity index (χ3v) is 7.27. The van der Waals surface area contributed by atoms with E-state index in [1.807, 2.05) is 23.1 Å². The molecule has 37 heavy (non-hydrogen) atoms. The minimum Gasteiger partial charge on any atom is -0.348 e. The van der Waals surface area contributed by atoms with Crippen LogP contribution in [0.3, 0.4) is 0 Å².